The van der Waals surface area contributed by atoms with Gasteiger partial charge in [-0.1, -0.05) is 55.5 Å². The Morgan fingerprint density at radius 3 is 2.44 bits per heavy atom. The molecule has 0 aromatic heterocycles. The van der Waals surface area contributed by atoms with Crippen LogP contribution in [0.3, 0.4) is 0 Å². The molecule has 0 bridgehead atoms. The van der Waals surface area contributed by atoms with Crippen LogP contribution in [0.25, 0.3) is 0 Å². The summed E-state index contributed by atoms with van der Waals surface area (Å²) in [6, 6.07) is 18.4. The summed E-state index contributed by atoms with van der Waals surface area (Å²) in [6.07, 6.45) is 4.03. The third-order valence-electron chi connectivity index (χ3n) is 6.33. The molecule has 184 valence electrons. The van der Waals surface area contributed by atoms with E-state index in [1.54, 1.807) is 0 Å². The molecule has 0 aliphatic carbocycles. The highest BCUT2D eigenvalue weighted by atomic mass is 16.6. The highest BCUT2D eigenvalue weighted by Gasteiger charge is 2.23. The maximum atomic E-state index is 12.4. The van der Waals surface area contributed by atoms with E-state index in [2.05, 4.69) is 42.2 Å². The number of aliphatic carboxylic acids is 1. The van der Waals surface area contributed by atoms with Gasteiger partial charge in [0.25, 0.3) is 0 Å². The molecule has 1 saturated heterocycles. The van der Waals surface area contributed by atoms with Crippen molar-refractivity contribution in [2.75, 3.05) is 26.2 Å². The second kappa shape index (κ2) is 13.8. The molecule has 3 rings (SSSR count). The van der Waals surface area contributed by atoms with Crippen LogP contribution < -0.4 is 4.74 Å². The van der Waals surface area contributed by atoms with Gasteiger partial charge in [-0.25, -0.2) is 0 Å². The van der Waals surface area contributed by atoms with Gasteiger partial charge in [0.15, 0.2) is 0 Å². The number of aryl methyl sites for hydroxylation is 2. The minimum absolute atomic E-state index is 0.0327. The number of nitrogens with zero attached hydrogens (tertiary/aromatic N) is 1. The van der Waals surface area contributed by atoms with Crippen molar-refractivity contribution in [3.05, 3.63) is 65.7 Å². The van der Waals surface area contributed by atoms with Crippen molar-refractivity contribution in [1.29, 1.82) is 0 Å². The monoisotopic (exact) mass is 467 g/mol. The third-order valence-corrected chi connectivity index (χ3v) is 6.33. The van der Waals surface area contributed by atoms with E-state index in [1.165, 1.54) is 5.56 Å². The lowest BCUT2D eigenvalue weighted by atomic mass is 9.99. The fraction of sp³-hybridized carbons (Fsp3) is 0.500. The van der Waals surface area contributed by atoms with Gasteiger partial charge in [-0.05, 0) is 68.3 Å². The first kappa shape index (κ1) is 25.8. The van der Waals surface area contributed by atoms with Crippen LogP contribution in [0.5, 0.6) is 5.75 Å². The van der Waals surface area contributed by atoms with E-state index in [1.807, 2.05) is 24.3 Å². The maximum absolute atomic E-state index is 12.4. The number of piperidine rings is 1. The number of carbonyl (C=O) groups is 2. The lowest BCUT2D eigenvalue weighted by Gasteiger charge is -2.32. The molecule has 1 fully saturated rings. The van der Waals surface area contributed by atoms with Crippen molar-refractivity contribution in [1.82, 2.24) is 4.90 Å². The van der Waals surface area contributed by atoms with Crippen LogP contribution in [0.15, 0.2) is 54.6 Å². The molecule has 2 aromatic rings. The average molecular weight is 468 g/mol. The van der Waals surface area contributed by atoms with E-state index >= 15 is 0 Å². The molecule has 6 heteroatoms. The van der Waals surface area contributed by atoms with Crippen LogP contribution in [-0.2, 0) is 27.2 Å². The molecule has 1 aliphatic rings. The summed E-state index contributed by atoms with van der Waals surface area (Å²) in [5, 5.41) is 8.82. The highest BCUT2D eigenvalue weighted by Crippen LogP contribution is 2.22. The number of rotatable bonds is 13. The fourth-order valence-electron chi connectivity index (χ4n) is 4.24. The lowest BCUT2D eigenvalue weighted by Crippen LogP contribution is -2.42. The number of carboxylic acid groups (broad SMARTS) is 1. The quantitative estimate of drug-likeness (QED) is 0.429. The molecule has 34 heavy (non-hydrogen) atoms. The molecule has 0 spiro atoms. The van der Waals surface area contributed by atoms with E-state index in [4.69, 9.17) is 14.6 Å². The van der Waals surface area contributed by atoms with Gasteiger partial charge in [0.2, 0.25) is 0 Å². The third kappa shape index (κ3) is 9.18. The van der Waals surface area contributed by atoms with Crippen LogP contribution in [-0.4, -0.2) is 54.3 Å². The second-order valence-electron chi connectivity index (χ2n) is 9.25. The summed E-state index contributed by atoms with van der Waals surface area (Å²) >= 11 is 0. The van der Waals surface area contributed by atoms with Crippen LogP contribution in [0.1, 0.15) is 50.2 Å². The van der Waals surface area contributed by atoms with Gasteiger partial charge in [-0.2, -0.15) is 0 Å². The molecule has 1 N–H and O–H groups in total. The van der Waals surface area contributed by atoms with Gasteiger partial charge >= 0.3 is 11.9 Å². The van der Waals surface area contributed by atoms with Gasteiger partial charge in [0.1, 0.15) is 18.5 Å². The van der Waals surface area contributed by atoms with Crippen molar-refractivity contribution in [3.63, 3.8) is 0 Å². The molecule has 6 nitrogen and oxygen atoms in total. The largest absolute Gasteiger partial charge is 0.489 e. The Morgan fingerprint density at radius 2 is 1.71 bits per heavy atom. The summed E-state index contributed by atoms with van der Waals surface area (Å²) in [6.45, 7) is 5.15. The lowest BCUT2D eigenvalue weighted by molar-refractivity contribution is -0.152. The van der Waals surface area contributed by atoms with Crippen molar-refractivity contribution < 1.29 is 24.2 Å². The van der Waals surface area contributed by atoms with E-state index in [-0.39, 0.29) is 31.8 Å². The molecule has 1 atom stereocenters. The zero-order valence-electron chi connectivity index (χ0n) is 20.2. The molecule has 0 saturated carbocycles. The first-order valence-corrected chi connectivity index (χ1v) is 12.4. The standard InChI is InChI=1S/C28H37NO5/c1-22-16-18-29(19-17-22)20-25(34-28(32)13-7-12-27(30)31)21-33-26-11-6-5-10-24(26)15-14-23-8-3-2-4-9-23/h2-6,8-11,22,25H,7,12-21H2,1H3,(H,30,31). The second-order valence-corrected chi connectivity index (χ2v) is 9.25. The van der Waals surface area contributed by atoms with Crippen LogP contribution in [0.4, 0.5) is 0 Å². The van der Waals surface area contributed by atoms with Gasteiger partial charge in [-0.3, -0.25) is 14.5 Å². The average Bonchev–Trinajstić information content (AvgIpc) is 2.83. The van der Waals surface area contributed by atoms with Gasteiger partial charge in [0, 0.05) is 19.4 Å². The van der Waals surface area contributed by atoms with Crippen molar-refractivity contribution in [2.45, 2.75) is 58.0 Å². The number of hydrogen-bond acceptors (Lipinski definition) is 5. The van der Waals surface area contributed by atoms with Crippen LogP contribution in [0.2, 0.25) is 0 Å². The smallest absolute Gasteiger partial charge is 0.306 e. The zero-order chi connectivity index (χ0) is 24.2. The number of hydrogen-bond donors (Lipinski definition) is 1. The number of para-hydroxylation sites is 1. The molecular formula is C28H37NO5. The Hall–Kier alpha value is -2.86. The Bertz CT molecular complexity index is 893. The SMILES string of the molecule is CC1CCN(CC(COc2ccccc2CCc2ccccc2)OC(=O)CCCC(=O)O)CC1. The molecular weight excluding hydrogens is 430 g/mol. The first-order chi connectivity index (χ1) is 16.5. The van der Waals surface area contributed by atoms with Crippen LogP contribution >= 0.6 is 0 Å². The predicted molar refractivity (Wildman–Crippen MR) is 132 cm³/mol. The molecule has 2 aromatic carbocycles. The van der Waals surface area contributed by atoms with E-state index < -0.39 is 12.1 Å². The number of carboxylic acids is 1. The summed E-state index contributed by atoms with van der Waals surface area (Å²) in [7, 11) is 0. The number of ether oxygens (including phenoxy) is 2. The highest BCUT2D eigenvalue weighted by molar-refractivity contribution is 5.71. The molecule has 0 radical (unpaired) electrons. The maximum Gasteiger partial charge on any atom is 0.306 e. The minimum atomic E-state index is -0.901. The summed E-state index contributed by atoms with van der Waals surface area (Å²) < 4.78 is 12.0. The number of esters is 1. The Balaban J connectivity index is 1.58. The summed E-state index contributed by atoms with van der Waals surface area (Å²) in [5.74, 6) is 0.276. The van der Waals surface area contributed by atoms with E-state index in [0.29, 0.717) is 6.54 Å². The van der Waals surface area contributed by atoms with Crippen LogP contribution in [0, 0.1) is 5.92 Å². The summed E-state index contributed by atoms with van der Waals surface area (Å²) in [4.78, 5) is 25.5. The fourth-order valence-corrected chi connectivity index (χ4v) is 4.24. The van der Waals surface area contributed by atoms with E-state index in [9.17, 15) is 9.59 Å². The molecule has 0 amide bonds. The van der Waals surface area contributed by atoms with Crippen molar-refractivity contribution >= 4 is 11.9 Å². The molecule has 1 unspecified atom stereocenters. The Labute approximate surface area is 202 Å². The minimum Gasteiger partial charge on any atom is -0.489 e. The molecule has 1 aliphatic heterocycles. The Kier molecular flexibility index (Phi) is 10.4. The normalized spacial score (nSPS) is 15.6. The zero-order valence-corrected chi connectivity index (χ0v) is 20.2. The first-order valence-electron chi connectivity index (χ1n) is 12.4. The predicted octanol–water partition coefficient (Wildman–Crippen LogP) is 4.75. The number of benzene rings is 2. The van der Waals surface area contributed by atoms with Crippen molar-refractivity contribution in [2.24, 2.45) is 5.92 Å². The van der Waals surface area contributed by atoms with Gasteiger partial charge < -0.3 is 14.6 Å². The number of carbonyl (C=O) groups excluding carboxylic acids is 1. The topological polar surface area (TPSA) is 76.1 Å². The van der Waals surface area contributed by atoms with Gasteiger partial charge in [0.05, 0.1) is 0 Å². The molecule has 1 heterocycles. The summed E-state index contributed by atoms with van der Waals surface area (Å²) in [5.41, 5.74) is 2.41. The van der Waals surface area contributed by atoms with Crippen molar-refractivity contribution in [3.8, 4) is 5.75 Å². The number of likely N-dealkylation sites (tertiary alicyclic amines) is 1. The van der Waals surface area contributed by atoms with Gasteiger partial charge in [-0.15, -0.1) is 0 Å². The Morgan fingerprint density at radius 1 is 1.00 bits per heavy atom. The van der Waals surface area contributed by atoms with E-state index in [0.717, 1.165) is 56.0 Å².